The zero-order valence-corrected chi connectivity index (χ0v) is 6.90. The van der Waals surface area contributed by atoms with Crippen LogP contribution in [0.25, 0.3) is 0 Å². The fraction of sp³-hybridized carbons (Fsp3) is 0.333. The normalized spacial score (nSPS) is 26.2. The Morgan fingerprint density at radius 1 is 1.23 bits per heavy atom. The Kier molecular flexibility index (Phi) is 1.63. The van der Waals surface area contributed by atoms with Gasteiger partial charge < -0.3 is 4.74 Å². The molecule has 0 aromatic heterocycles. The molecule has 1 unspecified atom stereocenters. The minimum Gasteiger partial charge on any atom is -0.365 e. The zero-order chi connectivity index (χ0) is 9.64. The molecular weight excluding hydrogens is 181 g/mol. The Morgan fingerprint density at radius 2 is 1.69 bits per heavy atom. The maximum atomic E-state index is 13.1. The van der Waals surface area contributed by atoms with E-state index in [4.69, 9.17) is 4.74 Å². The van der Waals surface area contributed by atoms with Crippen LogP contribution in [0, 0.1) is 17.5 Å². The standard InChI is InChI=1S/C9H7F3O/c1-9(4-13-9)8-6(11)2-5(10)3-7(8)12/h2-3H,4H2,1H3. The van der Waals surface area contributed by atoms with Crippen LogP contribution in [0.1, 0.15) is 12.5 Å². The van der Waals surface area contributed by atoms with E-state index in [1.165, 1.54) is 0 Å². The zero-order valence-electron chi connectivity index (χ0n) is 6.90. The first-order valence-electron chi connectivity index (χ1n) is 3.82. The van der Waals surface area contributed by atoms with Crippen LogP contribution in [0.3, 0.4) is 0 Å². The van der Waals surface area contributed by atoms with E-state index in [9.17, 15) is 13.2 Å². The van der Waals surface area contributed by atoms with Crippen molar-refractivity contribution >= 4 is 0 Å². The molecule has 0 spiro atoms. The number of hydrogen-bond donors (Lipinski definition) is 0. The van der Waals surface area contributed by atoms with Gasteiger partial charge >= 0.3 is 0 Å². The summed E-state index contributed by atoms with van der Waals surface area (Å²) in [5, 5.41) is 0. The maximum absolute atomic E-state index is 13.1. The van der Waals surface area contributed by atoms with E-state index in [1.54, 1.807) is 6.92 Å². The first-order valence-corrected chi connectivity index (χ1v) is 3.82. The molecule has 1 aliphatic rings. The van der Waals surface area contributed by atoms with E-state index < -0.39 is 23.1 Å². The molecule has 1 saturated heterocycles. The summed E-state index contributed by atoms with van der Waals surface area (Å²) < 4.78 is 43.6. The lowest BCUT2D eigenvalue weighted by molar-refractivity contribution is 0.311. The van der Waals surface area contributed by atoms with Crippen LogP contribution in [-0.2, 0) is 10.3 Å². The van der Waals surface area contributed by atoms with Gasteiger partial charge in [-0.05, 0) is 6.92 Å². The summed E-state index contributed by atoms with van der Waals surface area (Å²) in [4.78, 5) is 0. The summed E-state index contributed by atoms with van der Waals surface area (Å²) in [7, 11) is 0. The highest BCUT2D eigenvalue weighted by Crippen LogP contribution is 2.40. The van der Waals surface area contributed by atoms with Gasteiger partial charge in [-0.1, -0.05) is 0 Å². The number of benzene rings is 1. The molecular formula is C9H7F3O. The van der Waals surface area contributed by atoms with Crippen LogP contribution in [0.15, 0.2) is 12.1 Å². The van der Waals surface area contributed by atoms with Gasteiger partial charge in [0.25, 0.3) is 0 Å². The first-order chi connectivity index (χ1) is 6.03. The third-order valence-electron chi connectivity index (χ3n) is 2.11. The Balaban J connectivity index is 2.57. The predicted octanol–water partition coefficient (Wildman–Crippen LogP) is 2.35. The third kappa shape index (κ3) is 1.31. The molecule has 2 rings (SSSR count). The minimum atomic E-state index is -0.914. The molecule has 1 fully saturated rings. The predicted molar refractivity (Wildman–Crippen MR) is 39.6 cm³/mol. The van der Waals surface area contributed by atoms with Crippen LogP contribution in [0.2, 0.25) is 0 Å². The highest BCUT2D eigenvalue weighted by atomic mass is 19.1. The second-order valence-electron chi connectivity index (χ2n) is 3.26. The summed E-state index contributed by atoms with van der Waals surface area (Å²) in [5.74, 6) is -2.70. The minimum absolute atomic E-state index is 0.186. The third-order valence-corrected chi connectivity index (χ3v) is 2.11. The molecule has 0 bridgehead atoms. The lowest BCUT2D eigenvalue weighted by Gasteiger charge is -2.08. The van der Waals surface area contributed by atoms with E-state index in [0.29, 0.717) is 12.1 Å². The van der Waals surface area contributed by atoms with Gasteiger partial charge in [0.2, 0.25) is 0 Å². The van der Waals surface area contributed by atoms with Gasteiger partial charge in [-0.3, -0.25) is 0 Å². The summed E-state index contributed by atoms with van der Waals surface area (Å²) in [5.41, 5.74) is -1.09. The smallest absolute Gasteiger partial charge is 0.135 e. The molecule has 0 amide bonds. The molecule has 70 valence electrons. The molecule has 1 atom stereocenters. The van der Waals surface area contributed by atoms with E-state index >= 15 is 0 Å². The molecule has 0 aliphatic carbocycles. The van der Waals surface area contributed by atoms with Crippen LogP contribution in [-0.4, -0.2) is 6.61 Å². The highest BCUT2D eigenvalue weighted by molar-refractivity contribution is 5.29. The van der Waals surface area contributed by atoms with Gasteiger partial charge in [0.1, 0.15) is 23.1 Å². The lowest BCUT2D eigenvalue weighted by atomic mass is 10.0. The van der Waals surface area contributed by atoms with Gasteiger partial charge in [-0.15, -0.1) is 0 Å². The SMILES string of the molecule is CC1(c2c(F)cc(F)cc2F)CO1. The molecule has 13 heavy (non-hydrogen) atoms. The van der Waals surface area contributed by atoms with Crippen LogP contribution >= 0.6 is 0 Å². The topological polar surface area (TPSA) is 12.5 Å². The van der Waals surface area contributed by atoms with Crippen molar-refractivity contribution < 1.29 is 17.9 Å². The van der Waals surface area contributed by atoms with Crippen molar-refractivity contribution in [2.75, 3.05) is 6.61 Å². The largest absolute Gasteiger partial charge is 0.365 e. The summed E-state index contributed by atoms with van der Waals surface area (Å²) in [6.45, 7) is 1.83. The Bertz CT molecular complexity index is 335. The van der Waals surface area contributed by atoms with E-state index in [0.717, 1.165) is 0 Å². The van der Waals surface area contributed by atoms with Gasteiger partial charge in [0.05, 0.1) is 12.2 Å². The Labute approximate surface area is 73.1 Å². The van der Waals surface area contributed by atoms with Crippen molar-refractivity contribution in [3.63, 3.8) is 0 Å². The molecule has 1 aromatic rings. The molecule has 4 heteroatoms. The van der Waals surface area contributed by atoms with E-state index in [2.05, 4.69) is 0 Å². The molecule has 1 aliphatic heterocycles. The van der Waals surface area contributed by atoms with Crippen molar-refractivity contribution in [3.8, 4) is 0 Å². The molecule has 1 nitrogen and oxygen atoms in total. The van der Waals surface area contributed by atoms with Crippen molar-refractivity contribution in [2.45, 2.75) is 12.5 Å². The van der Waals surface area contributed by atoms with Gasteiger partial charge in [0, 0.05) is 12.1 Å². The average Bonchev–Trinajstić information content (AvgIpc) is 2.65. The second-order valence-corrected chi connectivity index (χ2v) is 3.26. The molecule has 1 aromatic carbocycles. The van der Waals surface area contributed by atoms with Crippen LogP contribution < -0.4 is 0 Å². The quantitative estimate of drug-likeness (QED) is 0.616. The van der Waals surface area contributed by atoms with Crippen molar-refractivity contribution in [2.24, 2.45) is 0 Å². The average molecular weight is 188 g/mol. The van der Waals surface area contributed by atoms with Gasteiger partial charge in [-0.25, -0.2) is 13.2 Å². The number of halogens is 3. The Hall–Kier alpha value is -1.03. The first kappa shape index (κ1) is 8.56. The van der Waals surface area contributed by atoms with Crippen molar-refractivity contribution in [1.29, 1.82) is 0 Å². The fourth-order valence-electron chi connectivity index (χ4n) is 1.30. The number of rotatable bonds is 1. The van der Waals surface area contributed by atoms with Crippen LogP contribution in [0.4, 0.5) is 13.2 Å². The number of hydrogen-bond acceptors (Lipinski definition) is 1. The molecule has 0 saturated carbocycles. The second kappa shape index (κ2) is 2.48. The van der Waals surface area contributed by atoms with Gasteiger partial charge in [-0.2, -0.15) is 0 Å². The maximum Gasteiger partial charge on any atom is 0.135 e. The summed E-state index contributed by atoms with van der Waals surface area (Å²) in [6.07, 6.45) is 0. The number of ether oxygens (including phenoxy) is 1. The van der Waals surface area contributed by atoms with Crippen LogP contribution in [0.5, 0.6) is 0 Å². The summed E-state index contributed by atoms with van der Waals surface area (Å²) >= 11 is 0. The lowest BCUT2D eigenvalue weighted by Crippen LogP contribution is -2.09. The van der Waals surface area contributed by atoms with E-state index in [-0.39, 0.29) is 12.2 Å². The fourth-order valence-corrected chi connectivity index (χ4v) is 1.30. The molecule has 1 heterocycles. The van der Waals surface area contributed by atoms with E-state index in [1.807, 2.05) is 0 Å². The monoisotopic (exact) mass is 188 g/mol. The number of epoxide rings is 1. The highest BCUT2D eigenvalue weighted by Gasteiger charge is 2.45. The van der Waals surface area contributed by atoms with Crippen molar-refractivity contribution in [3.05, 3.63) is 35.1 Å². The Morgan fingerprint density at radius 3 is 2.08 bits per heavy atom. The summed E-state index contributed by atoms with van der Waals surface area (Å²) in [6, 6.07) is 1.32. The molecule has 0 N–H and O–H groups in total. The molecule has 0 radical (unpaired) electrons. The van der Waals surface area contributed by atoms with Crippen molar-refractivity contribution in [1.82, 2.24) is 0 Å². The van der Waals surface area contributed by atoms with Gasteiger partial charge in [0.15, 0.2) is 0 Å².